The van der Waals surface area contributed by atoms with Crippen molar-refractivity contribution >= 4 is 34.3 Å². The number of aliphatic hydroxyl groups is 1. The Bertz CT molecular complexity index is 1660. The van der Waals surface area contributed by atoms with Crippen molar-refractivity contribution in [3.63, 3.8) is 0 Å². The lowest BCUT2D eigenvalue weighted by molar-refractivity contribution is -0.130. The molecule has 2 aliphatic heterocycles. The quantitative estimate of drug-likeness (QED) is 0.276. The smallest absolute Gasteiger partial charge is 0.290 e. The fourth-order valence-electron chi connectivity index (χ4n) is 5.06. The molecule has 0 bridgehead atoms. The number of halogens is 1. The van der Waals surface area contributed by atoms with Crippen molar-refractivity contribution in [3.05, 3.63) is 106 Å². The molecule has 198 valence electrons. The molecule has 7 nitrogen and oxygen atoms in total. The zero-order chi connectivity index (χ0) is 27.5. The number of fused-ring (bicyclic) bond motifs is 2. The largest absolute Gasteiger partial charge is 0.503 e. The number of hydrogen-bond acceptors (Lipinski definition) is 6. The minimum atomic E-state index is -0.832. The zero-order valence-electron chi connectivity index (χ0n) is 21.7. The first-order valence-electron chi connectivity index (χ1n) is 12.6. The molecule has 1 aromatic heterocycles. The van der Waals surface area contributed by atoms with E-state index in [0.717, 1.165) is 11.1 Å². The first kappa shape index (κ1) is 25.1. The third kappa shape index (κ3) is 4.42. The molecule has 2 aliphatic rings. The van der Waals surface area contributed by atoms with Crippen LogP contribution in [0.1, 0.15) is 54.1 Å². The Labute approximate surface area is 230 Å². The van der Waals surface area contributed by atoms with Crippen molar-refractivity contribution < 1.29 is 28.6 Å². The van der Waals surface area contributed by atoms with E-state index in [1.165, 1.54) is 4.90 Å². The molecular weight excluding hydrogens is 518 g/mol. The SMILES string of the molecule is CC(C)(C)c1ccc(C2C(C(=O)c3cc4cc(Cl)ccc4o3)=C(O)C(=O)N2Cc2ccc3c(c2)OCO3)cc1. The standard InChI is InChI=1S/C31H26ClNO6/c1-31(2,3)20-7-5-18(6-8-20)27-26(28(34)25-14-19-13-21(32)9-11-22(19)39-25)29(35)30(36)33(27)15-17-4-10-23-24(12-17)38-16-37-23/h4-14,27,35H,15-16H2,1-3H3. The predicted octanol–water partition coefficient (Wildman–Crippen LogP) is 6.89. The lowest BCUT2D eigenvalue weighted by atomic mass is 9.85. The molecule has 0 saturated heterocycles. The van der Waals surface area contributed by atoms with Crippen LogP contribution in [0.5, 0.6) is 11.5 Å². The van der Waals surface area contributed by atoms with E-state index in [-0.39, 0.29) is 30.1 Å². The van der Waals surface area contributed by atoms with Gasteiger partial charge in [0.15, 0.2) is 23.0 Å². The molecule has 1 atom stereocenters. The van der Waals surface area contributed by atoms with Crippen LogP contribution in [0.4, 0.5) is 0 Å². The zero-order valence-corrected chi connectivity index (χ0v) is 22.4. The van der Waals surface area contributed by atoms with Crippen molar-refractivity contribution in [3.8, 4) is 11.5 Å². The number of Topliss-reactive ketones (excluding diaryl/α,β-unsaturated/α-hetero) is 1. The van der Waals surface area contributed by atoms with Gasteiger partial charge in [-0.1, -0.05) is 62.7 Å². The summed E-state index contributed by atoms with van der Waals surface area (Å²) < 4.78 is 16.7. The number of amides is 1. The van der Waals surface area contributed by atoms with Crippen LogP contribution in [-0.2, 0) is 16.8 Å². The van der Waals surface area contributed by atoms with Gasteiger partial charge < -0.3 is 23.9 Å². The molecule has 1 N–H and O–H groups in total. The van der Waals surface area contributed by atoms with Crippen molar-refractivity contribution in [1.82, 2.24) is 4.90 Å². The molecule has 0 spiro atoms. The molecule has 3 heterocycles. The maximum absolute atomic E-state index is 13.9. The summed E-state index contributed by atoms with van der Waals surface area (Å²) in [6.45, 7) is 6.61. The van der Waals surface area contributed by atoms with Crippen LogP contribution >= 0.6 is 11.6 Å². The van der Waals surface area contributed by atoms with Crippen molar-refractivity contribution in [2.45, 2.75) is 38.8 Å². The Morgan fingerprint density at radius 2 is 1.74 bits per heavy atom. The van der Waals surface area contributed by atoms with Gasteiger partial charge in [-0.05, 0) is 58.5 Å². The van der Waals surface area contributed by atoms with Crippen molar-refractivity contribution in [2.24, 2.45) is 0 Å². The van der Waals surface area contributed by atoms with Crippen LogP contribution in [0.25, 0.3) is 11.0 Å². The van der Waals surface area contributed by atoms with E-state index in [0.29, 0.717) is 33.1 Å². The highest BCUT2D eigenvalue weighted by atomic mass is 35.5. The number of hydrogen-bond donors (Lipinski definition) is 1. The molecule has 0 radical (unpaired) electrons. The summed E-state index contributed by atoms with van der Waals surface area (Å²) in [4.78, 5) is 28.8. The molecule has 0 aliphatic carbocycles. The summed E-state index contributed by atoms with van der Waals surface area (Å²) in [6, 6.07) is 19.0. The van der Waals surface area contributed by atoms with E-state index in [1.807, 2.05) is 30.3 Å². The lowest BCUT2D eigenvalue weighted by Gasteiger charge is -2.28. The molecular formula is C31H26ClNO6. The summed E-state index contributed by atoms with van der Waals surface area (Å²) in [5.41, 5.74) is 2.94. The number of ketones is 1. The van der Waals surface area contributed by atoms with Gasteiger partial charge in [-0.2, -0.15) is 0 Å². The highest BCUT2D eigenvalue weighted by Crippen LogP contribution is 2.42. The number of ether oxygens (including phenoxy) is 2. The number of benzene rings is 3. The van der Waals surface area contributed by atoms with E-state index in [1.54, 1.807) is 36.4 Å². The Balaban J connectivity index is 1.42. The Hall–Kier alpha value is -4.23. The summed E-state index contributed by atoms with van der Waals surface area (Å²) >= 11 is 6.11. The summed E-state index contributed by atoms with van der Waals surface area (Å²) in [7, 11) is 0. The minimum Gasteiger partial charge on any atom is -0.503 e. The van der Waals surface area contributed by atoms with Gasteiger partial charge in [0.2, 0.25) is 12.6 Å². The summed E-state index contributed by atoms with van der Waals surface area (Å²) in [5, 5.41) is 12.2. The Kier molecular flexibility index (Phi) is 5.92. The second-order valence-electron chi connectivity index (χ2n) is 10.8. The van der Waals surface area contributed by atoms with Crippen LogP contribution in [-0.4, -0.2) is 28.5 Å². The van der Waals surface area contributed by atoms with Gasteiger partial charge in [0.05, 0.1) is 11.6 Å². The van der Waals surface area contributed by atoms with E-state index in [2.05, 4.69) is 20.8 Å². The molecule has 1 amide bonds. The number of carbonyl (C=O) groups is 2. The van der Waals surface area contributed by atoms with E-state index in [4.69, 9.17) is 25.5 Å². The fraction of sp³-hybridized carbons (Fsp3) is 0.226. The second-order valence-corrected chi connectivity index (χ2v) is 11.2. The maximum atomic E-state index is 13.9. The number of carbonyl (C=O) groups excluding carboxylic acids is 2. The van der Waals surface area contributed by atoms with Gasteiger partial charge in [0, 0.05) is 17.0 Å². The topological polar surface area (TPSA) is 89.2 Å². The molecule has 4 aromatic rings. The van der Waals surface area contributed by atoms with Crippen LogP contribution in [0.2, 0.25) is 5.02 Å². The lowest BCUT2D eigenvalue weighted by Crippen LogP contribution is -2.30. The number of furan rings is 1. The van der Waals surface area contributed by atoms with Crippen LogP contribution < -0.4 is 9.47 Å². The highest BCUT2D eigenvalue weighted by Gasteiger charge is 2.44. The second kappa shape index (κ2) is 9.20. The third-order valence-corrected chi connectivity index (χ3v) is 7.37. The van der Waals surface area contributed by atoms with E-state index in [9.17, 15) is 14.7 Å². The molecule has 0 saturated carbocycles. The van der Waals surface area contributed by atoms with Gasteiger partial charge in [0.1, 0.15) is 5.58 Å². The first-order valence-corrected chi connectivity index (χ1v) is 12.9. The molecule has 6 rings (SSSR count). The average Bonchev–Trinajstić information content (AvgIpc) is 3.60. The van der Waals surface area contributed by atoms with Gasteiger partial charge in [-0.3, -0.25) is 9.59 Å². The number of rotatable bonds is 5. The van der Waals surface area contributed by atoms with Crippen LogP contribution in [0.15, 0.2) is 82.5 Å². The Morgan fingerprint density at radius 1 is 1.00 bits per heavy atom. The van der Waals surface area contributed by atoms with Gasteiger partial charge in [-0.15, -0.1) is 0 Å². The molecule has 8 heteroatoms. The van der Waals surface area contributed by atoms with Crippen molar-refractivity contribution in [1.29, 1.82) is 0 Å². The Morgan fingerprint density at radius 3 is 2.49 bits per heavy atom. The fourth-order valence-corrected chi connectivity index (χ4v) is 5.24. The molecule has 39 heavy (non-hydrogen) atoms. The molecule has 0 fully saturated rings. The maximum Gasteiger partial charge on any atom is 0.290 e. The normalized spacial score (nSPS) is 17.0. The summed E-state index contributed by atoms with van der Waals surface area (Å²) in [5.74, 6) is -0.569. The van der Waals surface area contributed by atoms with Crippen LogP contribution in [0.3, 0.4) is 0 Å². The van der Waals surface area contributed by atoms with Crippen LogP contribution in [0, 0.1) is 0 Å². The van der Waals surface area contributed by atoms with Gasteiger partial charge >= 0.3 is 0 Å². The van der Waals surface area contributed by atoms with E-state index < -0.39 is 23.5 Å². The monoisotopic (exact) mass is 543 g/mol. The van der Waals surface area contributed by atoms with E-state index >= 15 is 0 Å². The van der Waals surface area contributed by atoms with Gasteiger partial charge in [0.25, 0.3) is 5.91 Å². The van der Waals surface area contributed by atoms with Gasteiger partial charge in [-0.25, -0.2) is 0 Å². The first-order chi connectivity index (χ1) is 18.6. The minimum absolute atomic E-state index is 0.0165. The predicted molar refractivity (Wildman–Crippen MR) is 146 cm³/mol. The summed E-state index contributed by atoms with van der Waals surface area (Å²) in [6.07, 6.45) is 0. The number of nitrogens with zero attached hydrogens (tertiary/aromatic N) is 1. The average molecular weight is 544 g/mol. The molecule has 3 aromatic carbocycles. The number of aliphatic hydroxyl groups excluding tert-OH is 1. The molecule has 1 unspecified atom stereocenters. The highest BCUT2D eigenvalue weighted by molar-refractivity contribution is 6.31. The third-order valence-electron chi connectivity index (χ3n) is 7.13. The van der Waals surface area contributed by atoms with Crippen molar-refractivity contribution in [2.75, 3.05) is 6.79 Å².